The lowest BCUT2D eigenvalue weighted by Gasteiger charge is -2.37. The fourth-order valence-electron chi connectivity index (χ4n) is 5.40. The van der Waals surface area contributed by atoms with Crippen LogP contribution < -0.4 is 5.32 Å². The van der Waals surface area contributed by atoms with Gasteiger partial charge < -0.3 is 15.1 Å². The Kier molecular flexibility index (Phi) is 6.98. The monoisotopic (exact) mass is 484 g/mol. The normalized spacial score (nSPS) is 18.8. The fourth-order valence-corrected chi connectivity index (χ4v) is 5.40. The Hall–Kier alpha value is -3.74. The molecular formula is C29H32N4O3. The topological polar surface area (TPSA) is 82.6 Å². The summed E-state index contributed by atoms with van der Waals surface area (Å²) in [5.74, 6) is 0.286. The van der Waals surface area contributed by atoms with Crippen LogP contribution in [-0.4, -0.2) is 58.7 Å². The Labute approximate surface area is 211 Å². The molecule has 1 aromatic heterocycles. The van der Waals surface area contributed by atoms with Gasteiger partial charge in [0.25, 0.3) is 5.91 Å². The van der Waals surface area contributed by atoms with E-state index in [9.17, 15) is 14.4 Å². The van der Waals surface area contributed by atoms with Crippen molar-refractivity contribution in [3.8, 4) is 0 Å². The van der Waals surface area contributed by atoms with Gasteiger partial charge in [-0.25, -0.2) is 4.98 Å². The van der Waals surface area contributed by atoms with Crippen molar-refractivity contribution in [1.29, 1.82) is 0 Å². The summed E-state index contributed by atoms with van der Waals surface area (Å²) in [6.07, 6.45) is 4.53. The van der Waals surface area contributed by atoms with E-state index in [1.165, 1.54) is 0 Å². The van der Waals surface area contributed by atoms with Gasteiger partial charge in [0.05, 0.1) is 5.92 Å². The van der Waals surface area contributed by atoms with Crippen molar-refractivity contribution in [2.45, 2.75) is 32.6 Å². The second-order valence-electron chi connectivity index (χ2n) is 9.87. The zero-order chi connectivity index (χ0) is 25.1. The van der Waals surface area contributed by atoms with Crippen molar-refractivity contribution in [2.24, 2.45) is 11.8 Å². The average Bonchev–Trinajstić information content (AvgIpc) is 2.93. The number of hydrogen-bond acceptors (Lipinski definition) is 4. The molecule has 3 amide bonds. The van der Waals surface area contributed by atoms with Crippen LogP contribution in [-0.2, 0) is 9.59 Å². The van der Waals surface area contributed by atoms with Crippen LogP contribution in [0.25, 0.3) is 10.8 Å². The van der Waals surface area contributed by atoms with Gasteiger partial charge in [0, 0.05) is 43.9 Å². The number of pyridine rings is 1. The number of carbonyl (C=O) groups is 3. The number of piperidine rings is 2. The first-order valence-electron chi connectivity index (χ1n) is 12.8. The number of fused-ring (bicyclic) bond motifs is 1. The zero-order valence-corrected chi connectivity index (χ0v) is 20.7. The first-order chi connectivity index (χ1) is 17.5. The van der Waals surface area contributed by atoms with E-state index in [2.05, 4.69) is 10.3 Å². The van der Waals surface area contributed by atoms with Crippen LogP contribution >= 0.6 is 0 Å². The third-order valence-electron chi connectivity index (χ3n) is 7.51. The molecule has 0 bridgehead atoms. The number of aromatic nitrogens is 1. The van der Waals surface area contributed by atoms with Crippen molar-refractivity contribution < 1.29 is 14.4 Å². The van der Waals surface area contributed by atoms with Crippen molar-refractivity contribution >= 4 is 34.3 Å². The van der Waals surface area contributed by atoms with Crippen molar-refractivity contribution in [3.05, 3.63) is 71.9 Å². The number of likely N-dealkylation sites (tertiary alicyclic amines) is 2. The highest BCUT2D eigenvalue weighted by Crippen LogP contribution is 2.27. The summed E-state index contributed by atoms with van der Waals surface area (Å²) in [5, 5.41) is 4.94. The molecule has 2 aromatic carbocycles. The summed E-state index contributed by atoms with van der Waals surface area (Å²) in [4.78, 5) is 47.5. The van der Waals surface area contributed by atoms with E-state index in [0.29, 0.717) is 50.4 Å². The lowest BCUT2D eigenvalue weighted by Crippen LogP contribution is -2.48. The first kappa shape index (κ1) is 24.0. The second kappa shape index (κ2) is 10.5. The smallest absolute Gasteiger partial charge is 0.254 e. The third kappa shape index (κ3) is 4.96. The van der Waals surface area contributed by atoms with Gasteiger partial charge in [-0.05, 0) is 61.1 Å². The summed E-state index contributed by atoms with van der Waals surface area (Å²) < 4.78 is 0. The fraction of sp³-hybridized carbons (Fsp3) is 0.379. The average molecular weight is 485 g/mol. The second-order valence-corrected chi connectivity index (χ2v) is 9.87. The van der Waals surface area contributed by atoms with Gasteiger partial charge in [-0.3, -0.25) is 14.4 Å². The predicted molar refractivity (Wildman–Crippen MR) is 139 cm³/mol. The lowest BCUT2D eigenvalue weighted by atomic mass is 9.91. The Morgan fingerprint density at radius 3 is 2.44 bits per heavy atom. The minimum atomic E-state index is -0.239. The van der Waals surface area contributed by atoms with Gasteiger partial charge in [-0.1, -0.05) is 42.5 Å². The van der Waals surface area contributed by atoms with Crippen LogP contribution in [0.15, 0.2) is 60.8 Å². The summed E-state index contributed by atoms with van der Waals surface area (Å²) in [6.45, 7) is 4.16. The van der Waals surface area contributed by atoms with Crippen LogP contribution in [0.4, 0.5) is 5.82 Å². The summed E-state index contributed by atoms with van der Waals surface area (Å²) in [6, 6.07) is 17.5. The number of amides is 3. The Bertz CT molecular complexity index is 1280. The predicted octanol–water partition coefficient (Wildman–Crippen LogP) is 4.27. The van der Waals surface area contributed by atoms with Crippen LogP contribution in [0.1, 0.15) is 41.6 Å². The van der Waals surface area contributed by atoms with E-state index in [-0.39, 0.29) is 29.6 Å². The number of aryl methyl sites for hydroxylation is 1. The highest BCUT2D eigenvalue weighted by Gasteiger charge is 2.34. The zero-order valence-electron chi connectivity index (χ0n) is 20.7. The lowest BCUT2D eigenvalue weighted by molar-refractivity contribution is -0.139. The van der Waals surface area contributed by atoms with E-state index < -0.39 is 0 Å². The molecule has 0 spiro atoms. The Morgan fingerprint density at radius 2 is 1.64 bits per heavy atom. The molecule has 2 saturated heterocycles. The van der Waals surface area contributed by atoms with Crippen LogP contribution in [0.5, 0.6) is 0 Å². The number of carbonyl (C=O) groups excluding carboxylic acids is 3. The van der Waals surface area contributed by atoms with E-state index >= 15 is 0 Å². The molecule has 2 aliphatic heterocycles. The third-order valence-corrected chi connectivity index (χ3v) is 7.51. The van der Waals surface area contributed by atoms with Crippen molar-refractivity contribution in [1.82, 2.24) is 14.8 Å². The van der Waals surface area contributed by atoms with Crippen LogP contribution in [0.2, 0.25) is 0 Å². The molecule has 5 rings (SSSR count). The minimum Gasteiger partial charge on any atom is -0.342 e. The van der Waals surface area contributed by atoms with Crippen LogP contribution in [0.3, 0.4) is 0 Å². The number of benzene rings is 2. The number of hydrogen-bond donors (Lipinski definition) is 1. The molecule has 3 aromatic rings. The Morgan fingerprint density at radius 1 is 0.861 bits per heavy atom. The SMILES string of the molecule is Cc1cccnc1NC(=O)[C@@H]1CCCN(C(=O)C2CCN(C(=O)c3cccc4ccccc34)CC2)C1. The van der Waals surface area contributed by atoms with Crippen molar-refractivity contribution in [2.75, 3.05) is 31.5 Å². The Balaban J connectivity index is 1.18. The molecule has 7 nitrogen and oxygen atoms in total. The maximum absolute atomic E-state index is 13.3. The number of nitrogens with one attached hydrogen (secondary N) is 1. The molecule has 36 heavy (non-hydrogen) atoms. The van der Waals surface area contributed by atoms with Crippen molar-refractivity contribution in [3.63, 3.8) is 0 Å². The van der Waals surface area contributed by atoms with Gasteiger partial charge in [0.2, 0.25) is 11.8 Å². The molecule has 0 aliphatic carbocycles. The van der Waals surface area contributed by atoms with E-state index in [0.717, 1.165) is 29.2 Å². The maximum atomic E-state index is 13.3. The number of nitrogens with zero attached hydrogens (tertiary/aromatic N) is 3. The molecule has 1 N–H and O–H groups in total. The van der Waals surface area contributed by atoms with Gasteiger partial charge in [-0.15, -0.1) is 0 Å². The summed E-state index contributed by atoms with van der Waals surface area (Å²) in [5.41, 5.74) is 1.63. The molecule has 186 valence electrons. The van der Waals surface area contributed by atoms with Gasteiger partial charge in [-0.2, -0.15) is 0 Å². The highest BCUT2D eigenvalue weighted by molar-refractivity contribution is 6.07. The standard InChI is InChI=1S/C29H32N4O3/c1-20-7-5-15-30-26(20)31-27(34)23-10-6-16-33(19-23)28(35)22-13-17-32(18-14-22)29(36)25-12-4-9-21-8-2-3-11-24(21)25/h2-5,7-9,11-12,15,22-23H,6,10,13-14,16-19H2,1H3,(H,30,31,34)/t23-/m1/s1. The first-order valence-corrected chi connectivity index (χ1v) is 12.8. The van der Waals surface area contributed by atoms with E-state index in [1.54, 1.807) is 6.20 Å². The molecule has 7 heteroatoms. The molecule has 0 unspecified atom stereocenters. The van der Waals surface area contributed by atoms with Gasteiger partial charge >= 0.3 is 0 Å². The largest absolute Gasteiger partial charge is 0.342 e. The van der Waals surface area contributed by atoms with Gasteiger partial charge in [0.1, 0.15) is 5.82 Å². The molecule has 1 atom stereocenters. The van der Waals surface area contributed by atoms with E-state index in [1.807, 2.05) is 71.3 Å². The van der Waals surface area contributed by atoms with Crippen LogP contribution in [0, 0.1) is 18.8 Å². The molecule has 2 aliphatic rings. The maximum Gasteiger partial charge on any atom is 0.254 e. The molecule has 0 saturated carbocycles. The van der Waals surface area contributed by atoms with Gasteiger partial charge in [0.15, 0.2) is 0 Å². The molecule has 2 fully saturated rings. The summed E-state index contributed by atoms with van der Waals surface area (Å²) in [7, 11) is 0. The number of rotatable bonds is 4. The summed E-state index contributed by atoms with van der Waals surface area (Å²) >= 11 is 0. The minimum absolute atomic E-state index is 0.0252. The quantitative estimate of drug-likeness (QED) is 0.600. The molecular weight excluding hydrogens is 452 g/mol. The highest BCUT2D eigenvalue weighted by atomic mass is 16.2. The molecule has 0 radical (unpaired) electrons. The van der Waals surface area contributed by atoms with E-state index in [4.69, 9.17) is 0 Å². The number of anilines is 1. The molecule has 3 heterocycles.